The smallest absolute Gasteiger partial charge is 0.279 e. The fraction of sp³-hybridized carbons (Fsp3) is 0.222. The third-order valence-corrected chi connectivity index (χ3v) is 1.80. The van der Waals surface area contributed by atoms with E-state index in [1.807, 2.05) is 5.43 Å². The highest BCUT2D eigenvalue weighted by atomic mass is 19.4. The highest BCUT2D eigenvalue weighted by molar-refractivity contribution is 5.51. The van der Waals surface area contributed by atoms with E-state index in [1.165, 1.54) is 0 Å². The summed E-state index contributed by atoms with van der Waals surface area (Å²) in [5.74, 6) is 0. The van der Waals surface area contributed by atoms with Crippen LogP contribution in [0.1, 0.15) is 11.1 Å². The molecule has 0 amide bonds. The molecule has 0 fully saturated rings. The minimum absolute atomic E-state index is 0.0360. The van der Waals surface area contributed by atoms with E-state index in [4.69, 9.17) is 0 Å². The van der Waals surface area contributed by atoms with Crippen molar-refractivity contribution in [3.05, 3.63) is 29.3 Å². The molecule has 0 aliphatic rings. The van der Waals surface area contributed by atoms with E-state index in [9.17, 15) is 26.3 Å². The minimum Gasteiger partial charge on any atom is -0.279 e. The highest BCUT2D eigenvalue weighted by Crippen LogP contribution is 2.37. The van der Waals surface area contributed by atoms with E-state index in [1.54, 1.807) is 0 Å². The summed E-state index contributed by atoms with van der Waals surface area (Å²) in [6.45, 7) is 2.92. The van der Waals surface area contributed by atoms with Crippen molar-refractivity contribution in [2.45, 2.75) is 12.4 Å². The van der Waals surface area contributed by atoms with Crippen molar-refractivity contribution >= 4 is 12.4 Å². The molecule has 0 heterocycles. The van der Waals surface area contributed by atoms with Gasteiger partial charge in [0.1, 0.15) is 0 Å². The van der Waals surface area contributed by atoms with Crippen LogP contribution in [0.25, 0.3) is 0 Å². The molecule has 0 aromatic heterocycles. The van der Waals surface area contributed by atoms with E-state index >= 15 is 0 Å². The topological polar surface area (TPSA) is 24.4 Å². The third kappa shape index (κ3) is 3.36. The molecule has 0 unspecified atom stereocenters. The fourth-order valence-corrected chi connectivity index (χ4v) is 1.11. The third-order valence-electron chi connectivity index (χ3n) is 1.80. The summed E-state index contributed by atoms with van der Waals surface area (Å²) < 4.78 is 74.0. The number of halogens is 6. The standard InChI is InChI=1S/C9H6F6N2/c1-16-17-7-3-5(8(10,11)12)2-6(4-7)9(13,14)15/h2-4,17H,1H2. The van der Waals surface area contributed by atoms with Gasteiger partial charge in [0, 0.05) is 6.72 Å². The average molecular weight is 256 g/mol. The van der Waals surface area contributed by atoms with Gasteiger partial charge >= 0.3 is 12.4 Å². The minimum atomic E-state index is -4.86. The molecule has 0 spiro atoms. The van der Waals surface area contributed by atoms with Crippen molar-refractivity contribution in [2.24, 2.45) is 5.10 Å². The summed E-state index contributed by atoms with van der Waals surface area (Å²) in [7, 11) is 0. The Labute approximate surface area is 91.9 Å². The quantitative estimate of drug-likeness (QED) is 0.486. The number of hydrogen-bond acceptors (Lipinski definition) is 2. The highest BCUT2D eigenvalue weighted by Gasteiger charge is 2.36. The molecule has 1 rings (SSSR count). The van der Waals surface area contributed by atoms with E-state index in [0.717, 1.165) is 0 Å². The first-order valence-corrected chi connectivity index (χ1v) is 4.16. The van der Waals surface area contributed by atoms with E-state index in [0.29, 0.717) is 12.1 Å². The second kappa shape index (κ2) is 4.27. The molecule has 0 saturated heterocycles. The van der Waals surface area contributed by atoms with Crippen LogP contribution in [0.5, 0.6) is 0 Å². The first-order chi connectivity index (χ1) is 7.64. The van der Waals surface area contributed by atoms with Crippen LogP contribution in [-0.4, -0.2) is 6.72 Å². The van der Waals surface area contributed by atoms with Gasteiger partial charge in [0.15, 0.2) is 0 Å². The Morgan fingerprint density at radius 2 is 1.29 bits per heavy atom. The number of rotatable bonds is 2. The molecule has 94 valence electrons. The SMILES string of the molecule is C=NNc1cc(C(F)(F)F)cc(C(F)(F)F)c1. The Kier molecular flexibility index (Phi) is 3.35. The molecule has 0 bridgehead atoms. The summed E-state index contributed by atoms with van der Waals surface area (Å²) in [6, 6.07) is 1.07. The van der Waals surface area contributed by atoms with Gasteiger partial charge in [0.05, 0.1) is 16.8 Å². The predicted octanol–water partition coefficient (Wildman–Crippen LogP) is 3.75. The zero-order valence-corrected chi connectivity index (χ0v) is 8.15. The Bertz CT molecular complexity index is 388. The summed E-state index contributed by atoms with van der Waals surface area (Å²) in [6.07, 6.45) is -9.72. The Morgan fingerprint density at radius 1 is 0.882 bits per heavy atom. The number of alkyl halides is 6. The summed E-state index contributed by atoms with van der Waals surface area (Å²) in [5, 5.41) is 3.02. The maximum atomic E-state index is 12.3. The normalized spacial score (nSPS) is 12.4. The molecule has 0 radical (unpaired) electrons. The Balaban J connectivity index is 3.34. The lowest BCUT2D eigenvalue weighted by molar-refractivity contribution is -0.143. The van der Waals surface area contributed by atoms with Gasteiger partial charge in [0.2, 0.25) is 0 Å². The summed E-state index contributed by atoms with van der Waals surface area (Å²) in [5.41, 5.74) is -1.29. The number of hydrogen-bond donors (Lipinski definition) is 1. The molecule has 1 aromatic carbocycles. The lowest BCUT2D eigenvalue weighted by Gasteiger charge is -2.13. The van der Waals surface area contributed by atoms with Gasteiger partial charge in [-0.2, -0.15) is 31.4 Å². The van der Waals surface area contributed by atoms with Gasteiger partial charge in [-0.05, 0) is 18.2 Å². The number of nitrogens with one attached hydrogen (secondary N) is 1. The van der Waals surface area contributed by atoms with Crippen molar-refractivity contribution in [3.63, 3.8) is 0 Å². The zero-order valence-electron chi connectivity index (χ0n) is 8.15. The monoisotopic (exact) mass is 256 g/mol. The largest absolute Gasteiger partial charge is 0.416 e. The molecule has 1 aromatic rings. The van der Waals surface area contributed by atoms with Crippen LogP contribution < -0.4 is 5.43 Å². The molecule has 0 saturated carbocycles. The second-order valence-corrected chi connectivity index (χ2v) is 3.06. The average Bonchev–Trinajstić information content (AvgIpc) is 2.15. The zero-order chi connectivity index (χ0) is 13.3. The van der Waals surface area contributed by atoms with Gasteiger partial charge in [-0.15, -0.1) is 0 Å². The lowest BCUT2D eigenvalue weighted by atomic mass is 10.1. The van der Waals surface area contributed by atoms with Crippen LogP contribution in [0.2, 0.25) is 0 Å². The molecule has 8 heteroatoms. The number of benzene rings is 1. The van der Waals surface area contributed by atoms with Gasteiger partial charge in [-0.3, -0.25) is 5.43 Å². The lowest BCUT2D eigenvalue weighted by Crippen LogP contribution is -2.11. The van der Waals surface area contributed by atoms with Crippen LogP contribution in [0.15, 0.2) is 23.3 Å². The van der Waals surface area contributed by atoms with Crippen molar-refractivity contribution in [2.75, 3.05) is 5.43 Å². The molecule has 0 aliphatic heterocycles. The van der Waals surface area contributed by atoms with Crippen LogP contribution in [-0.2, 0) is 12.4 Å². The summed E-state index contributed by atoms with van der Waals surface area (Å²) >= 11 is 0. The Hall–Kier alpha value is -1.73. The number of anilines is 1. The van der Waals surface area contributed by atoms with Crippen LogP contribution in [0, 0.1) is 0 Å². The molecule has 0 atom stereocenters. The first kappa shape index (κ1) is 13.3. The van der Waals surface area contributed by atoms with Gasteiger partial charge < -0.3 is 0 Å². The van der Waals surface area contributed by atoms with Crippen molar-refractivity contribution in [1.82, 2.24) is 0 Å². The van der Waals surface area contributed by atoms with Gasteiger partial charge in [0.25, 0.3) is 0 Å². The first-order valence-electron chi connectivity index (χ1n) is 4.16. The molecular formula is C9H6F6N2. The number of hydrazone groups is 1. The second-order valence-electron chi connectivity index (χ2n) is 3.06. The summed E-state index contributed by atoms with van der Waals surface area (Å²) in [4.78, 5) is 0. The van der Waals surface area contributed by atoms with Crippen LogP contribution in [0.3, 0.4) is 0 Å². The van der Waals surface area contributed by atoms with Crippen molar-refractivity contribution in [3.8, 4) is 0 Å². The molecule has 17 heavy (non-hydrogen) atoms. The Morgan fingerprint density at radius 3 is 1.59 bits per heavy atom. The van der Waals surface area contributed by atoms with Gasteiger partial charge in [-0.1, -0.05) is 0 Å². The van der Waals surface area contributed by atoms with Crippen LogP contribution in [0.4, 0.5) is 32.0 Å². The van der Waals surface area contributed by atoms with E-state index in [-0.39, 0.29) is 6.07 Å². The maximum absolute atomic E-state index is 12.3. The number of nitrogens with zero attached hydrogens (tertiary/aromatic N) is 1. The van der Waals surface area contributed by atoms with Crippen molar-refractivity contribution < 1.29 is 26.3 Å². The molecular weight excluding hydrogens is 250 g/mol. The maximum Gasteiger partial charge on any atom is 0.416 e. The fourth-order valence-electron chi connectivity index (χ4n) is 1.11. The van der Waals surface area contributed by atoms with E-state index < -0.39 is 29.2 Å². The van der Waals surface area contributed by atoms with Gasteiger partial charge in [-0.25, -0.2) is 0 Å². The molecule has 2 nitrogen and oxygen atoms in total. The molecule has 1 N–H and O–H groups in total. The predicted molar refractivity (Wildman–Crippen MR) is 49.6 cm³/mol. The van der Waals surface area contributed by atoms with Crippen LogP contribution >= 0.6 is 0 Å². The molecule has 0 aliphatic carbocycles. The van der Waals surface area contributed by atoms with Crippen molar-refractivity contribution in [1.29, 1.82) is 0 Å². The van der Waals surface area contributed by atoms with E-state index in [2.05, 4.69) is 11.8 Å².